The van der Waals surface area contributed by atoms with Gasteiger partial charge in [-0.1, -0.05) is 12.1 Å². The summed E-state index contributed by atoms with van der Waals surface area (Å²) >= 11 is 0. The first-order chi connectivity index (χ1) is 11.1. The molecule has 124 valence electrons. The number of para-hydroxylation sites is 2. The van der Waals surface area contributed by atoms with Crippen molar-refractivity contribution in [3.8, 4) is 0 Å². The molecule has 2 atom stereocenters. The summed E-state index contributed by atoms with van der Waals surface area (Å²) in [4.78, 5) is 16.8. The molecule has 1 fully saturated rings. The largest absolute Gasteiger partial charge is 0.356 e. The van der Waals surface area contributed by atoms with Crippen molar-refractivity contribution in [1.82, 2.24) is 20.2 Å². The number of fused-ring (bicyclic) bond motifs is 1. The number of aromatic nitrogens is 2. The number of aryl methyl sites for hydroxylation is 2. The lowest BCUT2D eigenvalue weighted by atomic mass is 9.92. The summed E-state index contributed by atoms with van der Waals surface area (Å²) in [6, 6.07) is 8.64. The van der Waals surface area contributed by atoms with Crippen LogP contribution in [0.4, 0.5) is 0 Å². The predicted octanol–water partition coefficient (Wildman–Crippen LogP) is 2.24. The van der Waals surface area contributed by atoms with E-state index >= 15 is 0 Å². The van der Waals surface area contributed by atoms with E-state index in [1.807, 2.05) is 25.1 Å². The third-order valence-corrected chi connectivity index (χ3v) is 4.70. The molecule has 23 heavy (non-hydrogen) atoms. The number of carbonyl (C=O) groups excluding carboxylic acids is 1. The lowest BCUT2D eigenvalue weighted by molar-refractivity contribution is -0.126. The van der Waals surface area contributed by atoms with Crippen LogP contribution in [-0.4, -0.2) is 34.6 Å². The molecule has 0 radical (unpaired) electrons. The van der Waals surface area contributed by atoms with Crippen LogP contribution in [0.5, 0.6) is 0 Å². The highest BCUT2D eigenvalue weighted by atomic mass is 16.1. The number of nitrogens with one attached hydrogen (secondary N) is 2. The highest BCUT2D eigenvalue weighted by Crippen LogP contribution is 2.17. The Bertz CT molecular complexity index is 679. The van der Waals surface area contributed by atoms with Gasteiger partial charge in [-0.15, -0.1) is 0 Å². The van der Waals surface area contributed by atoms with Crippen molar-refractivity contribution in [3.63, 3.8) is 0 Å². The van der Waals surface area contributed by atoms with E-state index in [4.69, 9.17) is 0 Å². The molecule has 2 heterocycles. The number of hydrogen-bond acceptors (Lipinski definition) is 3. The van der Waals surface area contributed by atoms with Gasteiger partial charge in [-0.05, 0) is 51.8 Å². The molecule has 1 saturated heterocycles. The Kier molecular flexibility index (Phi) is 4.96. The Morgan fingerprint density at radius 1 is 1.43 bits per heavy atom. The van der Waals surface area contributed by atoms with Gasteiger partial charge in [0.15, 0.2) is 0 Å². The van der Waals surface area contributed by atoms with Crippen molar-refractivity contribution in [2.45, 2.75) is 45.7 Å². The summed E-state index contributed by atoms with van der Waals surface area (Å²) < 4.78 is 2.23. The second-order valence-corrected chi connectivity index (χ2v) is 6.52. The molecule has 2 aromatic rings. The number of rotatable bonds is 5. The number of nitrogens with zero attached hydrogens (tertiary/aromatic N) is 2. The van der Waals surface area contributed by atoms with E-state index in [9.17, 15) is 4.79 Å². The zero-order chi connectivity index (χ0) is 16.2. The third kappa shape index (κ3) is 3.72. The Balaban J connectivity index is 1.49. The molecule has 0 saturated carbocycles. The van der Waals surface area contributed by atoms with Gasteiger partial charge in [0.05, 0.1) is 11.0 Å². The maximum absolute atomic E-state index is 12.2. The van der Waals surface area contributed by atoms with E-state index < -0.39 is 0 Å². The smallest absolute Gasteiger partial charge is 0.223 e. The van der Waals surface area contributed by atoms with Gasteiger partial charge in [0, 0.05) is 25.0 Å². The summed E-state index contributed by atoms with van der Waals surface area (Å²) in [5.74, 6) is 1.41. The summed E-state index contributed by atoms with van der Waals surface area (Å²) in [7, 11) is 0. The molecular weight excluding hydrogens is 288 g/mol. The maximum Gasteiger partial charge on any atom is 0.223 e. The van der Waals surface area contributed by atoms with Crippen LogP contribution in [0.1, 0.15) is 32.0 Å². The summed E-state index contributed by atoms with van der Waals surface area (Å²) in [6.45, 7) is 6.74. The van der Waals surface area contributed by atoms with Crippen molar-refractivity contribution in [3.05, 3.63) is 30.1 Å². The maximum atomic E-state index is 12.2. The molecule has 1 aliphatic heterocycles. The van der Waals surface area contributed by atoms with Crippen LogP contribution >= 0.6 is 0 Å². The second-order valence-electron chi connectivity index (χ2n) is 6.52. The quantitative estimate of drug-likeness (QED) is 0.832. The average molecular weight is 314 g/mol. The molecule has 1 aliphatic rings. The van der Waals surface area contributed by atoms with E-state index in [2.05, 4.69) is 33.2 Å². The fourth-order valence-corrected chi connectivity index (χ4v) is 3.44. The summed E-state index contributed by atoms with van der Waals surface area (Å²) in [6.07, 6.45) is 2.81. The van der Waals surface area contributed by atoms with Crippen molar-refractivity contribution in [2.24, 2.45) is 5.92 Å². The Labute approximate surface area is 137 Å². The Morgan fingerprint density at radius 3 is 3.09 bits per heavy atom. The van der Waals surface area contributed by atoms with Crippen LogP contribution in [0.25, 0.3) is 11.0 Å². The standard InChI is InChI=1S/C18H26N4O/c1-13-12-15(8-10-19-13)18(23)20-9-5-11-22-14(2)21-16-6-3-4-7-17(16)22/h3-4,6-7,13,15,19H,5,8-12H2,1-2H3,(H,20,23)/t13-,15-/m0/s1. The molecule has 0 unspecified atom stereocenters. The second kappa shape index (κ2) is 7.13. The third-order valence-electron chi connectivity index (χ3n) is 4.70. The van der Waals surface area contributed by atoms with Crippen molar-refractivity contribution >= 4 is 16.9 Å². The van der Waals surface area contributed by atoms with Gasteiger partial charge in [-0.3, -0.25) is 4.79 Å². The molecule has 2 N–H and O–H groups in total. The number of piperidine rings is 1. The van der Waals surface area contributed by atoms with E-state index in [0.29, 0.717) is 6.04 Å². The molecule has 0 bridgehead atoms. The van der Waals surface area contributed by atoms with E-state index in [1.165, 1.54) is 5.52 Å². The first-order valence-corrected chi connectivity index (χ1v) is 8.58. The fraction of sp³-hybridized carbons (Fsp3) is 0.556. The van der Waals surface area contributed by atoms with Gasteiger partial charge in [0.25, 0.3) is 0 Å². The zero-order valence-electron chi connectivity index (χ0n) is 14.0. The summed E-state index contributed by atoms with van der Waals surface area (Å²) in [5, 5.41) is 6.49. The molecule has 1 aromatic heterocycles. The minimum atomic E-state index is 0.169. The molecular formula is C18H26N4O. The van der Waals surface area contributed by atoms with Crippen molar-refractivity contribution < 1.29 is 4.79 Å². The molecule has 5 nitrogen and oxygen atoms in total. The molecule has 3 rings (SSSR count). The van der Waals surface area contributed by atoms with Gasteiger partial charge in [0.1, 0.15) is 5.82 Å². The highest BCUT2D eigenvalue weighted by Gasteiger charge is 2.24. The SMILES string of the molecule is Cc1nc2ccccc2n1CCCNC(=O)[C@H]1CCN[C@@H](C)C1. The van der Waals surface area contributed by atoms with Crippen LogP contribution in [0.2, 0.25) is 0 Å². The van der Waals surface area contributed by atoms with Gasteiger partial charge in [0.2, 0.25) is 5.91 Å². The number of benzene rings is 1. The average Bonchev–Trinajstić information content (AvgIpc) is 2.87. The van der Waals surface area contributed by atoms with Crippen LogP contribution < -0.4 is 10.6 Å². The summed E-state index contributed by atoms with van der Waals surface area (Å²) in [5.41, 5.74) is 2.21. The number of carbonyl (C=O) groups is 1. The van der Waals surface area contributed by atoms with Gasteiger partial charge < -0.3 is 15.2 Å². The zero-order valence-corrected chi connectivity index (χ0v) is 14.0. The first kappa shape index (κ1) is 16.0. The van der Waals surface area contributed by atoms with Gasteiger partial charge >= 0.3 is 0 Å². The molecule has 0 aliphatic carbocycles. The van der Waals surface area contributed by atoms with Crippen molar-refractivity contribution in [2.75, 3.05) is 13.1 Å². The van der Waals surface area contributed by atoms with Crippen LogP contribution in [0.3, 0.4) is 0 Å². The highest BCUT2D eigenvalue weighted by molar-refractivity contribution is 5.78. The topological polar surface area (TPSA) is 59.0 Å². The predicted molar refractivity (Wildman–Crippen MR) is 92.3 cm³/mol. The normalized spacial score (nSPS) is 21.5. The van der Waals surface area contributed by atoms with Gasteiger partial charge in [-0.25, -0.2) is 4.98 Å². The van der Waals surface area contributed by atoms with E-state index in [-0.39, 0.29) is 11.8 Å². The van der Waals surface area contributed by atoms with E-state index in [1.54, 1.807) is 0 Å². The number of imidazole rings is 1. The Morgan fingerprint density at radius 2 is 2.26 bits per heavy atom. The molecule has 5 heteroatoms. The number of hydrogen-bond donors (Lipinski definition) is 2. The van der Waals surface area contributed by atoms with E-state index in [0.717, 1.165) is 50.2 Å². The molecule has 0 spiro atoms. The molecule has 1 amide bonds. The Hall–Kier alpha value is -1.88. The lowest BCUT2D eigenvalue weighted by Crippen LogP contribution is -2.42. The van der Waals surface area contributed by atoms with Crippen molar-refractivity contribution in [1.29, 1.82) is 0 Å². The monoisotopic (exact) mass is 314 g/mol. The van der Waals surface area contributed by atoms with Gasteiger partial charge in [-0.2, -0.15) is 0 Å². The fourth-order valence-electron chi connectivity index (χ4n) is 3.44. The lowest BCUT2D eigenvalue weighted by Gasteiger charge is -2.27. The minimum absolute atomic E-state index is 0.169. The molecule has 1 aromatic carbocycles. The number of amides is 1. The minimum Gasteiger partial charge on any atom is -0.356 e. The van der Waals surface area contributed by atoms with Crippen LogP contribution in [0, 0.1) is 12.8 Å². The van der Waals surface area contributed by atoms with Crippen LogP contribution in [0.15, 0.2) is 24.3 Å². The van der Waals surface area contributed by atoms with Crippen LogP contribution in [-0.2, 0) is 11.3 Å². The first-order valence-electron chi connectivity index (χ1n) is 8.58.